The molecule has 0 radical (unpaired) electrons. The zero-order chi connectivity index (χ0) is 29.0. The maximum Gasteiger partial charge on any atom is 0.337 e. The van der Waals surface area contributed by atoms with E-state index in [4.69, 9.17) is 28.4 Å². The largest absolute Gasteiger partial charge is 0.468 e. The molecule has 0 saturated carbocycles. The molecule has 0 spiro atoms. The van der Waals surface area contributed by atoms with Gasteiger partial charge in [0.2, 0.25) is 12.6 Å². The number of carbonyl (C=O) groups excluding carboxylic acids is 2. The number of rotatable bonds is 8. The van der Waals surface area contributed by atoms with Gasteiger partial charge in [-0.05, 0) is 6.92 Å². The van der Waals surface area contributed by atoms with Crippen molar-refractivity contribution >= 4 is 11.9 Å². The molecule has 0 aromatic rings. The zero-order valence-electron chi connectivity index (χ0n) is 21.0. The fraction of sp³-hybridized carbons (Fsp3) is 0.739. The van der Waals surface area contributed by atoms with Crippen molar-refractivity contribution in [1.29, 1.82) is 0 Å². The first-order valence-electron chi connectivity index (χ1n) is 12.0. The number of aliphatic hydroxyl groups excluding tert-OH is 8. The second kappa shape index (κ2) is 13.4. The minimum absolute atomic E-state index is 0.134. The van der Waals surface area contributed by atoms with Crippen molar-refractivity contribution in [3.63, 3.8) is 0 Å². The molecule has 3 aliphatic rings. The van der Waals surface area contributed by atoms with Crippen LogP contribution in [0.25, 0.3) is 0 Å². The molecule has 0 amide bonds. The summed E-state index contributed by atoms with van der Waals surface area (Å²) in [4.78, 5) is 25.3. The van der Waals surface area contributed by atoms with E-state index in [1.165, 1.54) is 13.0 Å². The van der Waals surface area contributed by atoms with Crippen molar-refractivity contribution in [3.8, 4) is 0 Å². The minimum Gasteiger partial charge on any atom is -0.468 e. The lowest BCUT2D eigenvalue weighted by atomic mass is 9.86. The lowest BCUT2D eigenvalue weighted by Gasteiger charge is -2.42. The molecule has 0 aliphatic carbocycles. The smallest absolute Gasteiger partial charge is 0.337 e. The molecule has 0 unspecified atom stereocenters. The van der Waals surface area contributed by atoms with Crippen LogP contribution in [0.3, 0.4) is 0 Å². The van der Waals surface area contributed by atoms with Gasteiger partial charge in [0.15, 0.2) is 6.29 Å². The van der Waals surface area contributed by atoms with Crippen LogP contribution >= 0.6 is 0 Å². The summed E-state index contributed by atoms with van der Waals surface area (Å²) in [5.74, 6) is -3.01. The molecule has 2 fully saturated rings. The molecule has 3 rings (SSSR count). The maximum atomic E-state index is 12.9. The van der Waals surface area contributed by atoms with Gasteiger partial charge in [0.1, 0.15) is 48.8 Å². The number of carbonyl (C=O) groups is 2. The molecule has 0 aromatic carbocycles. The number of allylic oxidation sites excluding steroid dienone is 1. The number of ether oxygens (including phenoxy) is 6. The first-order valence-corrected chi connectivity index (χ1v) is 12.0. The monoisotopic (exact) mass is 566 g/mol. The highest BCUT2D eigenvalue weighted by Crippen LogP contribution is 2.36. The molecule has 3 aliphatic heterocycles. The highest BCUT2D eigenvalue weighted by atomic mass is 16.8. The Morgan fingerprint density at radius 3 is 1.92 bits per heavy atom. The Labute approximate surface area is 222 Å². The molecular weight excluding hydrogens is 532 g/mol. The van der Waals surface area contributed by atoms with Crippen LogP contribution in [0.2, 0.25) is 0 Å². The Bertz CT molecular complexity index is 918. The summed E-state index contributed by atoms with van der Waals surface area (Å²) in [6.07, 6.45) is -15.9. The van der Waals surface area contributed by atoms with Gasteiger partial charge in [0.05, 0.1) is 38.6 Å². The van der Waals surface area contributed by atoms with Crippen molar-refractivity contribution < 1.29 is 78.9 Å². The van der Waals surface area contributed by atoms with Gasteiger partial charge in [0, 0.05) is 11.5 Å². The molecule has 8 N–H and O–H groups in total. The van der Waals surface area contributed by atoms with Crippen LogP contribution in [0.5, 0.6) is 0 Å². The second-order valence-electron chi connectivity index (χ2n) is 9.10. The molecule has 16 nitrogen and oxygen atoms in total. The van der Waals surface area contributed by atoms with Gasteiger partial charge in [-0.1, -0.05) is 6.08 Å². The van der Waals surface area contributed by atoms with Crippen LogP contribution in [-0.4, -0.2) is 141 Å². The van der Waals surface area contributed by atoms with E-state index in [0.29, 0.717) is 0 Å². The normalized spacial score (nSPS) is 41.9. The molecule has 222 valence electrons. The van der Waals surface area contributed by atoms with Crippen LogP contribution in [0.4, 0.5) is 0 Å². The van der Waals surface area contributed by atoms with Gasteiger partial charge in [0.25, 0.3) is 0 Å². The van der Waals surface area contributed by atoms with E-state index in [1.807, 2.05) is 0 Å². The summed E-state index contributed by atoms with van der Waals surface area (Å²) in [6, 6.07) is 0. The summed E-state index contributed by atoms with van der Waals surface area (Å²) in [6.45, 7) is 0.0813. The molecule has 12 atom stereocenters. The molecule has 0 aromatic heterocycles. The van der Waals surface area contributed by atoms with E-state index in [-0.39, 0.29) is 11.1 Å². The fourth-order valence-corrected chi connectivity index (χ4v) is 4.43. The van der Waals surface area contributed by atoms with Crippen LogP contribution in [-0.2, 0) is 38.0 Å². The Balaban J connectivity index is 1.79. The third kappa shape index (κ3) is 6.58. The Kier molecular flexibility index (Phi) is 10.8. The average molecular weight is 567 g/mol. The fourth-order valence-electron chi connectivity index (χ4n) is 4.43. The third-order valence-corrected chi connectivity index (χ3v) is 6.70. The number of hydrogen-bond acceptors (Lipinski definition) is 16. The lowest BCUT2D eigenvalue weighted by Crippen LogP contribution is -2.60. The van der Waals surface area contributed by atoms with Crippen LogP contribution in [0.1, 0.15) is 13.3 Å². The van der Waals surface area contributed by atoms with Gasteiger partial charge in [-0.2, -0.15) is 0 Å². The van der Waals surface area contributed by atoms with Crippen LogP contribution < -0.4 is 0 Å². The van der Waals surface area contributed by atoms with Gasteiger partial charge in [-0.25, -0.2) is 4.79 Å². The molecular formula is C23H34O16. The van der Waals surface area contributed by atoms with E-state index >= 15 is 0 Å². The van der Waals surface area contributed by atoms with E-state index in [9.17, 15) is 50.4 Å². The van der Waals surface area contributed by atoms with Crippen LogP contribution in [0.15, 0.2) is 23.5 Å². The summed E-state index contributed by atoms with van der Waals surface area (Å²) in [5, 5.41) is 79.1. The van der Waals surface area contributed by atoms with Crippen molar-refractivity contribution in [2.45, 2.75) is 81.0 Å². The maximum absolute atomic E-state index is 12.9. The van der Waals surface area contributed by atoms with Gasteiger partial charge >= 0.3 is 11.9 Å². The average Bonchev–Trinajstić information content (AvgIpc) is 2.93. The summed E-state index contributed by atoms with van der Waals surface area (Å²) < 4.78 is 31.5. The minimum atomic E-state index is -1.85. The first-order chi connectivity index (χ1) is 18.5. The Hall–Kier alpha value is -2.22. The van der Waals surface area contributed by atoms with Gasteiger partial charge < -0.3 is 69.3 Å². The quantitative estimate of drug-likeness (QED) is 0.102. The molecule has 39 heavy (non-hydrogen) atoms. The number of aliphatic hydroxyl groups is 8. The summed E-state index contributed by atoms with van der Waals surface area (Å²) in [7, 11) is 1.10. The van der Waals surface area contributed by atoms with E-state index in [0.717, 1.165) is 13.4 Å². The second-order valence-corrected chi connectivity index (χ2v) is 9.10. The predicted molar refractivity (Wildman–Crippen MR) is 122 cm³/mol. The molecule has 0 bridgehead atoms. The number of hydrogen-bond donors (Lipinski definition) is 8. The van der Waals surface area contributed by atoms with Crippen molar-refractivity contribution in [3.05, 3.63) is 23.5 Å². The van der Waals surface area contributed by atoms with Gasteiger partial charge in [-0.15, -0.1) is 0 Å². The third-order valence-electron chi connectivity index (χ3n) is 6.70. The SMILES string of the molecule is C/C=C1\[C@H](O[C@@H]2O[C@H](CO)[C@@H](O)[C@H](O)[C@H]2O)OC=C(C(=O)OC)[C@H]1CC(=O)O[C@@H]1O[C@H](CO)[C@@H](O)[C@H](O)[C@H]1O. The van der Waals surface area contributed by atoms with E-state index in [1.54, 1.807) is 0 Å². The summed E-state index contributed by atoms with van der Waals surface area (Å²) in [5.41, 5.74) is 0.0191. The van der Waals surface area contributed by atoms with Crippen molar-refractivity contribution in [2.24, 2.45) is 5.92 Å². The van der Waals surface area contributed by atoms with Gasteiger partial charge in [-0.3, -0.25) is 4.79 Å². The van der Waals surface area contributed by atoms with E-state index < -0.39 is 105 Å². The first kappa shape index (κ1) is 31.3. The zero-order valence-corrected chi connectivity index (χ0v) is 21.0. The molecule has 3 heterocycles. The highest BCUT2D eigenvalue weighted by Gasteiger charge is 2.48. The number of esters is 2. The standard InChI is InChI=1S/C23H34O16/c1-3-8-9(4-13(26)38-22-18(31)16(29)14(27)11(5-24)36-22)10(20(33)34-2)7-35-21(8)39-23-19(32)17(30)15(28)12(6-25)37-23/h3,7,9,11-12,14-19,21-25,27-32H,4-6H2,1-2H3/b8-3-/t9-,11+,12+,14+,15+,16-,17-,18+,19+,21-,22-,23-/m0/s1. The molecule has 2 saturated heterocycles. The topological polar surface area (TPSA) is 251 Å². The number of methoxy groups -OCH3 is 1. The summed E-state index contributed by atoms with van der Waals surface area (Å²) >= 11 is 0. The highest BCUT2D eigenvalue weighted by molar-refractivity contribution is 5.90. The van der Waals surface area contributed by atoms with E-state index in [2.05, 4.69) is 0 Å². The Morgan fingerprint density at radius 1 is 0.872 bits per heavy atom. The van der Waals surface area contributed by atoms with Crippen LogP contribution in [0, 0.1) is 5.92 Å². The van der Waals surface area contributed by atoms with Crippen molar-refractivity contribution in [1.82, 2.24) is 0 Å². The molecule has 16 heteroatoms. The lowest BCUT2D eigenvalue weighted by molar-refractivity contribution is -0.327. The Morgan fingerprint density at radius 2 is 1.41 bits per heavy atom. The predicted octanol–water partition coefficient (Wildman–Crippen LogP) is -4.49. The van der Waals surface area contributed by atoms with Crippen molar-refractivity contribution in [2.75, 3.05) is 20.3 Å².